The minimum atomic E-state index is -0.210. The maximum absolute atomic E-state index is 6.82. The average molecular weight is 549 g/mol. The van der Waals surface area contributed by atoms with Gasteiger partial charge in [-0.05, 0) is 86.8 Å². The maximum Gasteiger partial charge on any atom is 0.131 e. The lowest BCUT2D eigenvalue weighted by molar-refractivity contribution is -0.0103. The largest absolute Gasteiger partial charge is 0.491 e. The first-order valence-corrected chi connectivity index (χ1v) is 14.8. The van der Waals surface area contributed by atoms with Gasteiger partial charge in [0.25, 0.3) is 0 Å². The van der Waals surface area contributed by atoms with Crippen LogP contribution >= 0.6 is 0 Å². The average Bonchev–Trinajstić information content (AvgIpc) is 3.42. The van der Waals surface area contributed by atoms with E-state index in [9.17, 15) is 0 Å². The Labute approximate surface area is 245 Å². The van der Waals surface area contributed by atoms with Crippen molar-refractivity contribution in [2.75, 3.05) is 6.61 Å². The van der Waals surface area contributed by atoms with Gasteiger partial charge in [0.15, 0.2) is 0 Å². The molecule has 0 radical (unpaired) electrons. The van der Waals surface area contributed by atoms with Gasteiger partial charge in [0.1, 0.15) is 30.3 Å². The molecule has 0 saturated carbocycles. The van der Waals surface area contributed by atoms with E-state index < -0.39 is 0 Å². The molecule has 1 heterocycles. The van der Waals surface area contributed by atoms with Gasteiger partial charge in [-0.15, -0.1) is 0 Å². The van der Waals surface area contributed by atoms with Crippen LogP contribution in [-0.4, -0.2) is 18.8 Å². The third-order valence-electron chi connectivity index (χ3n) is 8.85. The number of hydrogen-bond acceptors (Lipinski definition) is 3. The summed E-state index contributed by atoms with van der Waals surface area (Å²) in [5.74, 6) is 1.70. The summed E-state index contributed by atoms with van der Waals surface area (Å²) in [5.41, 5.74) is 3.63. The maximum atomic E-state index is 6.82. The number of aryl methyl sites for hydroxylation is 2. The van der Waals surface area contributed by atoms with Crippen LogP contribution in [0.15, 0.2) is 115 Å². The van der Waals surface area contributed by atoms with E-state index in [1.54, 1.807) is 0 Å². The van der Waals surface area contributed by atoms with Crippen LogP contribution in [0.2, 0.25) is 0 Å². The first kappa shape index (κ1) is 25.1. The van der Waals surface area contributed by atoms with Crippen LogP contribution in [0.1, 0.15) is 29.2 Å². The van der Waals surface area contributed by atoms with Crippen LogP contribution in [-0.2, 0) is 4.74 Å². The van der Waals surface area contributed by atoms with Crippen LogP contribution in [0.25, 0.3) is 43.1 Å². The molecule has 0 aliphatic carbocycles. The third-order valence-corrected chi connectivity index (χ3v) is 8.85. The minimum absolute atomic E-state index is 0.107. The lowest BCUT2D eigenvalue weighted by Crippen LogP contribution is -2.32. The van der Waals surface area contributed by atoms with Gasteiger partial charge in [-0.3, -0.25) is 0 Å². The Kier molecular flexibility index (Phi) is 6.01. The normalized spacial score (nSPS) is 18.9. The van der Waals surface area contributed by atoms with E-state index in [1.807, 2.05) is 24.3 Å². The molecule has 0 N–H and O–H groups in total. The molecule has 1 aliphatic heterocycles. The molecular weight excluding hydrogens is 516 g/mol. The third kappa shape index (κ3) is 4.24. The molecule has 0 spiro atoms. The highest BCUT2D eigenvalue weighted by Crippen LogP contribution is 2.45. The van der Waals surface area contributed by atoms with Crippen molar-refractivity contribution >= 4 is 43.1 Å². The molecule has 0 aromatic heterocycles. The summed E-state index contributed by atoms with van der Waals surface area (Å²) in [6.07, 6.45) is 0.298. The summed E-state index contributed by atoms with van der Waals surface area (Å²) < 4.78 is 19.6. The number of ether oxygens (including phenoxy) is 3. The molecule has 3 heteroatoms. The molecule has 1 fully saturated rings. The molecule has 3 atom stereocenters. The quantitative estimate of drug-likeness (QED) is 0.153. The van der Waals surface area contributed by atoms with E-state index >= 15 is 0 Å². The summed E-state index contributed by atoms with van der Waals surface area (Å²) >= 11 is 0. The summed E-state index contributed by atoms with van der Waals surface area (Å²) in [4.78, 5) is 0. The molecule has 7 aromatic rings. The minimum Gasteiger partial charge on any atom is -0.491 e. The van der Waals surface area contributed by atoms with E-state index in [-0.39, 0.29) is 18.3 Å². The predicted octanol–water partition coefficient (Wildman–Crippen LogP) is 9.71. The van der Waals surface area contributed by atoms with Crippen molar-refractivity contribution in [2.45, 2.75) is 38.6 Å². The van der Waals surface area contributed by atoms with E-state index in [4.69, 9.17) is 14.2 Å². The van der Waals surface area contributed by atoms with Crippen molar-refractivity contribution in [2.24, 2.45) is 0 Å². The topological polar surface area (TPSA) is 27.7 Å². The molecule has 8 rings (SSSR count). The van der Waals surface area contributed by atoms with Crippen molar-refractivity contribution in [3.8, 4) is 11.5 Å². The SMILES string of the molecule is Cc1ccc(OC[C@H]2O[C@H](c3ccc4c5cccc6cccc(c7cccc3c74)c65)C[C@@H]2Oc2ccc(C)cc2)cc1. The Morgan fingerprint density at radius 1 is 0.595 bits per heavy atom. The number of fused-ring (bicyclic) bond motifs is 2. The van der Waals surface area contributed by atoms with E-state index in [2.05, 4.69) is 105 Å². The van der Waals surface area contributed by atoms with Crippen LogP contribution in [0.4, 0.5) is 0 Å². The Balaban J connectivity index is 1.19. The Hall–Kier alpha value is -4.60. The van der Waals surface area contributed by atoms with Gasteiger partial charge < -0.3 is 14.2 Å². The first-order chi connectivity index (χ1) is 20.6. The molecule has 1 aliphatic rings. The van der Waals surface area contributed by atoms with Crippen molar-refractivity contribution in [1.82, 2.24) is 0 Å². The van der Waals surface area contributed by atoms with Crippen LogP contribution in [0.3, 0.4) is 0 Å². The molecule has 3 nitrogen and oxygen atoms in total. The fraction of sp³-hybridized carbons (Fsp3) is 0.179. The Morgan fingerprint density at radius 2 is 1.17 bits per heavy atom. The van der Waals surface area contributed by atoms with Gasteiger partial charge in [0, 0.05) is 6.42 Å². The zero-order chi connectivity index (χ0) is 28.2. The lowest BCUT2D eigenvalue weighted by Gasteiger charge is -2.21. The summed E-state index contributed by atoms with van der Waals surface area (Å²) in [6, 6.07) is 41.0. The highest BCUT2D eigenvalue weighted by molar-refractivity contribution is 6.33. The fourth-order valence-electron chi connectivity index (χ4n) is 6.74. The molecule has 206 valence electrons. The number of hydrogen-bond donors (Lipinski definition) is 0. The fourth-order valence-corrected chi connectivity index (χ4v) is 6.74. The second-order valence-corrected chi connectivity index (χ2v) is 11.6. The monoisotopic (exact) mass is 548 g/mol. The van der Waals surface area contributed by atoms with Gasteiger partial charge >= 0.3 is 0 Å². The zero-order valence-corrected chi connectivity index (χ0v) is 23.8. The van der Waals surface area contributed by atoms with Gasteiger partial charge in [-0.1, -0.05) is 102 Å². The second-order valence-electron chi connectivity index (χ2n) is 11.6. The van der Waals surface area contributed by atoms with E-state index in [0.29, 0.717) is 6.61 Å². The number of rotatable bonds is 6. The number of benzene rings is 7. The van der Waals surface area contributed by atoms with Crippen molar-refractivity contribution in [3.05, 3.63) is 132 Å². The highest BCUT2D eigenvalue weighted by Gasteiger charge is 2.39. The molecule has 0 amide bonds. The predicted molar refractivity (Wildman–Crippen MR) is 172 cm³/mol. The first-order valence-electron chi connectivity index (χ1n) is 14.8. The second kappa shape index (κ2) is 10.0. The standard InChI is InChI=1S/C39H32O3/c1-24-12-16-27(17-13-24)40-23-37-36(41-28-18-14-25(2)15-19-28)22-35(42-37)29-20-21-34-32-9-4-7-26-6-3-8-31(38(26)32)33-11-5-10-30(29)39(33)34/h3-21,35-37H,22-23H2,1-2H3/t35-,36-,37+/m0/s1. The van der Waals surface area contributed by atoms with Crippen LogP contribution < -0.4 is 9.47 Å². The van der Waals surface area contributed by atoms with Gasteiger partial charge in [-0.25, -0.2) is 0 Å². The molecule has 42 heavy (non-hydrogen) atoms. The van der Waals surface area contributed by atoms with E-state index in [1.165, 1.54) is 59.8 Å². The Bertz CT molecular complexity index is 1990. The summed E-state index contributed by atoms with van der Waals surface area (Å²) in [6.45, 7) is 4.60. The van der Waals surface area contributed by atoms with Crippen LogP contribution in [0, 0.1) is 13.8 Å². The molecule has 7 aromatic carbocycles. The van der Waals surface area contributed by atoms with Crippen molar-refractivity contribution < 1.29 is 14.2 Å². The van der Waals surface area contributed by atoms with Crippen LogP contribution in [0.5, 0.6) is 11.5 Å². The molecule has 0 unspecified atom stereocenters. The van der Waals surface area contributed by atoms with Gasteiger partial charge in [-0.2, -0.15) is 0 Å². The summed E-state index contributed by atoms with van der Waals surface area (Å²) in [5, 5.41) is 10.4. The molecule has 0 bridgehead atoms. The highest BCUT2D eigenvalue weighted by atomic mass is 16.6. The molecular formula is C39H32O3. The Morgan fingerprint density at radius 3 is 1.86 bits per heavy atom. The van der Waals surface area contributed by atoms with Gasteiger partial charge in [0.2, 0.25) is 0 Å². The van der Waals surface area contributed by atoms with Crippen molar-refractivity contribution in [3.63, 3.8) is 0 Å². The summed E-state index contributed by atoms with van der Waals surface area (Å²) in [7, 11) is 0. The lowest BCUT2D eigenvalue weighted by atomic mass is 9.87. The smallest absolute Gasteiger partial charge is 0.131 e. The molecule has 1 saturated heterocycles. The van der Waals surface area contributed by atoms with E-state index in [0.717, 1.165) is 17.9 Å². The van der Waals surface area contributed by atoms with Crippen molar-refractivity contribution in [1.29, 1.82) is 0 Å². The van der Waals surface area contributed by atoms with Gasteiger partial charge in [0.05, 0.1) is 6.10 Å². The zero-order valence-electron chi connectivity index (χ0n) is 23.8.